The third-order valence-corrected chi connectivity index (χ3v) is 5.61. The van der Waals surface area contributed by atoms with E-state index in [2.05, 4.69) is 22.1 Å². The van der Waals surface area contributed by atoms with E-state index in [-0.39, 0.29) is 23.3 Å². The summed E-state index contributed by atoms with van der Waals surface area (Å²) in [6.45, 7) is 4.71. The minimum absolute atomic E-state index is 0.0534. The van der Waals surface area contributed by atoms with Crippen molar-refractivity contribution in [2.24, 2.45) is 0 Å². The number of rotatable bonds is 4. The molecule has 0 aliphatic carbocycles. The zero-order valence-electron chi connectivity index (χ0n) is 17.9. The molecule has 0 saturated carbocycles. The Morgan fingerprint density at radius 1 is 1.22 bits per heavy atom. The average Bonchev–Trinajstić information content (AvgIpc) is 3.34. The molecule has 2 aromatic heterocycles. The first-order chi connectivity index (χ1) is 15.5. The van der Waals surface area contributed by atoms with Crippen LogP contribution in [0.2, 0.25) is 0 Å². The van der Waals surface area contributed by atoms with E-state index >= 15 is 0 Å². The minimum atomic E-state index is -0.664. The summed E-state index contributed by atoms with van der Waals surface area (Å²) in [6, 6.07) is 11.9. The van der Waals surface area contributed by atoms with E-state index in [9.17, 15) is 9.59 Å². The monoisotopic (exact) mass is 429 g/mol. The fourth-order valence-corrected chi connectivity index (χ4v) is 4.10. The van der Waals surface area contributed by atoms with Crippen LogP contribution in [-0.4, -0.2) is 39.3 Å². The van der Waals surface area contributed by atoms with Gasteiger partial charge in [0.1, 0.15) is 5.65 Å². The molecule has 0 spiro atoms. The number of fused-ring (bicyclic) bond motifs is 2. The van der Waals surface area contributed by atoms with Crippen LogP contribution in [0.5, 0.6) is 0 Å². The van der Waals surface area contributed by atoms with Crippen LogP contribution < -0.4 is 0 Å². The lowest BCUT2D eigenvalue weighted by molar-refractivity contribution is -0.143. The molecule has 0 radical (unpaired) electrons. The molecular weight excluding hydrogens is 406 g/mol. The Hall–Kier alpha value is -3.87. The number of hydrogen-bond acceptors (Lipinski definition) is 6. The van der Waals surface area contributed by atoms with Crippen molar-refractivity contribution in [3.63, 3.8) is 0 Å². The van der Waals surface area contributed by atoms with Crippen molar-refractivity contribution in [3.8, 4) is 0 Å². The van der Waals surface area contributed by atoms with E-state index in [1.807, 2.05) is 29.2 Å². The first kappa shape index (κ1) is 20.1. The van der Waals surface area contributed by atoms with Gasteiger partial charge in [-0.25, -0.2) is 9.78 Å². The van der Waals surface area contributed by atoms with Crippen LogP contribution in [0.4, 0.5) is 0 Å². The van der Waals surface area contributed by atoms with E-state index in [0.717, 1.165) is 22.9 Å². The topological polar surface area (TPSA) is 84.5 Å². The number of ketones is 1. The van der Waals surface area contributed by atoms with Crippen molar-refractivity contribution >= 4 is 28.9 Å². The molecule has 0 unspecified atom stereocenters. The second-order valence-electron chi connectivity index (χ2n) is 8.16. The second-order valence-corrected chi connectivity index (χ2v) is 8.16. The summed E-state index contributed by atoms with van der Waals surface area (Å²) < 4.78 is 11.4. The van der Waals surface area contributed by atoms with Crippen LogP contribution in [-0.2, 0) is 32.0 Å². The molecule has 0 amide bonds. The van der Waals surface area contributed by atoms with E-state index in [4.69, 9.17) is 9.47 Å². The van der Waals surface area contributed by atoms with Crippen LogP contribution in [0.1, 0.15) is 30.5 Å². The lowest BCUT2D eigenvalue weighted by Crippen LogP contribution is -2.32. The Balaban J connectivity index is 1.52. The summed E-state index contributed by atoms with van der Waals surface area (Å²) in [6.07, 6.45) is 5.57. The fourth-order valence-electron chi connectivity index (χ4n) is 4.10. The quantitative estimate of drug-likeness (QED) is 0.387. The first-order valence-corrected chi connectivity index (χ1v) is 10.6. The molecule has 2 aliphatic rings. The number of aromatic amines is 1. The maximum absolute atomic E-state index is 13.3. The SMILES string of the molecule is CC(C)OC(=O)C1=C(N2CCc3ccccc3C2)O/C(=C\c2c[nH]c3ncccc23)C1=O. The molecule has 1 aromatic carbocycles. The van der Waals surface area contributed by atoms with Gasteiger partial charge in [-0.2, -0.15) is 0 Å². The zero-order chi connectivity index (χ0) is 22.2. The van der Waals surface area contributed by atoms with Crippen LogP contribution in [0.25, 0.3) is 17.1 Å². The third kappa shape index (κ3) is 3.56. The molecule has 2 aliphatic heterocycles. The maximum Gasteiger partial charge on any atom is 0.348 e. The summed E-state index contributed by atoms with van der Waals surface area (Å²) in [5.74, 6) is -0.774. The predicted molar refractivity (Wildman–Crippen MR) is 119 cm³/mol. The Kier molecular flexibility index (Phi) is 5.01. The average molecular weight is 429 g/mol. The van der Waals surface area contributed by atoms with Gasteiger partial charge >= 0.3 is 5.97 Å². The molecule has 0 atom stereocenters. The number of carbonyl (C=O) groups excluding carboxylic acids is 2. The number of aromatic nitrogens is 2. The number of H-pyrrole nitrogens is 1. The number of carbonyl (C=O) groups is 2. The van der Waals surface area contributed by atoms with Crippen molar-refractivity contribution in [3.05, 3.63) is 82.7 Å². The van der Waals surface area contributed by atoms with E-state index in [1.54, 1.807) is 32.3 Å². The highest BCUT2D eigenvalue weighted by Gasteiger charge is 2.40. The van der Waals surface area contributed by atoms with Crippen LogP contribution in [0.15, 0.2) is 66.0 Å². The van der Waals surface area contributed by atoms with Gasteiger partial charge in [0.2, 0.25) is 11.7 Å². The standard InChI is InChI=1S/C25H23N3O4/c1-15(2)31-25(30)21-22(29)20(12-18-13-27-23-19(18)8-5-10-26-23)32-24(21)28-11-9-16-6-3-4-7-17(16)14-28/h3-8,10,12-13,15H,9,11,14H2,1-2H3,(H,26,27)/b20-12-. The lowest BCUT2D eigenvalue weighted by Gasteiger charge is -2.30. The molecule has 162 valence electrons. The number of hydrogen-bond donors (Lipinski definition) is 1. The number of pyridine rings is 1. The number of benzene rings is 1. The number of esters is 1. The van der Waals surface area contributed by atoms with Gasteiger partial charge in [-0.05, 0) is 49.6 Å². The highest BCUT2D eigenvalue weighted by Crippen LogP contribution is 2.34. The number of nitrogens with zero attached hydrogens (tertiary/aromatic N) is 2. The molecule has 4 heterocycles. The number of nitrogens with one attached hydrogen (secondary N) is 1. The number of Topliss-reactive ketones (excluding diaryl/α,β-unsaturated/α-hetero) is 1. The van der Waals surface area contributed by atoms with Crippen LogP contribution in [0.3, 0.4) is 0 Å². The normalized spacial score (nSPS) is 17.3. The Morgan fingerprint density at radius 2 is 2.03 bits per heavy atom. The molecule has 7 heteroatoms. The van der Waals surface area contributed by atoms with Gasteiger partial charge < -0.3 is 19.4 Å². The zero-order valence-corrected chi connectivity index (χ0v) is 17.9. The van der Waals surface area contributed by atoms with Crippen LogP contribution in [0, 0.1) is 0 Å². The Labute approximate surface area is 185 Å². The molecule has 0 saturated heterocycles. The van der Waals surface area contributed by atoms with Gasteiger partial charge in [0, 0.05) is 36.4 Å². The van der Waals surface area contributed by atoms with E-state index in [1.165, 1.54) is 5.56 Å². The molecule has 7 nitrogen and oxygen atoms in total. The van der Waals surface area contributed by atoms with Crippen LogP contribution >= 0.6 is 0 Å². The summed E-state index contributed by atoms with van der Waals surface area (Å²) >= 11 is 0. The highest BCUT2D eigenvalue weighted by molar-refractivity contribution is 6.26. The first-order valence-electron chi connectivity index (χ1n) is 10.6. The number of ether oxygens (including phenoxy) is 2. The van der Waals surface area contributed by atoms with Gasteiger partial charge in [-0.1, -0.05) is 24.3 Å². The summed E-state index contributed by atoms with van der Waals surface area (Å²) in [7, 11) is 0. The van der Waals surface area contributed by atoms with Crippen molar-refractivity contribution < 1.29 is 19.1 Å². The highest BCUT2D eigenvalue weighted by atomic mass is 16.6. The van der Waals surface area contributed by atoms with Gasteiger partial charge in [-0.3, -0.25) is 4.79 Å². The van der Waals surface area contributed by atoms with Crippen molar-refractivity contribution in [1.29, 1.82) is 0 Å². The molecule has 0 fully saturated rings. The minimum Gasteiger partial charge on any atom is -0.459 e. The Morgan fingerprint density at radius 3 is 2.84 bits per heavy atom. The van der Waals surface area contributed by atoms with Crippen molar-refractivity contribution in [2.45, 2.75) is 32.9 Å². The summed E-state index contributed by atoms with van der Waals surface area (Å²) in [5.41, 5.74) is 3.84. The smallest absolute Gasteiger partial charge is 0.348 e. The molecule has 1 N–H and O–H groups in total. The van der Waals surface area contributed by atoms with E-state index in [0.29, 0.717) is 18.7 Å². The van der Waals surface area contributed by atoms with Gasteiger partial charge in [0.15, 0.2) is 11.3 Å². The van der Waals surface area contributed by atoms with Gasteiger partial charge in [0.05, 0.1) is 6.10 Å². The molecule has 3 aromatic rings. The molecule has 32 heavy (non-hydrogen) atoms. The number of allylic oxidation sites excluding steroid dienone is 1. The van der Waals surface area contributed by atoms with Crippen molar-refractivity contribution in [1.82, 2.24) is 14.9 Å². The maximum atomic E-state index is 13.3. The lowest BCUT2D eigenvalue weighted by atomic mass is 10.00. The molecule has 0 bridgehead atoms. The van der Waals surface area contributed by atoms with Crippen molar-refractivity contribution in [2.75, 3.05) is 6.54 Å². The third-order valence-electron chi connectivity index (χ3n) is 5.61. The summed E-state index contributed by atoms with van der Waals surface area (Å²) in [4.78, 5) is 35.5. The molecule has 5 rings (SSSR count). The largest absolute Gasteiger partial charge is 0.459 e. The molecular formula is C25H23N3O4. The second kappa shape index (κ2) is 8.00. The Bertz CT molecular complexity index is 1290. The fraction of sp³-hybridized carbons (Fsp3) is 0.240. The van der Waals surface area contributed by atoms with Gasteiger partial charge in [0.25, 0.3) is 0 Å². The van der Waals surface area contributed by atoms with Gasteiger partial charge in [-0.15, -0.1) is 0 Å². The predicted octanol–water partition coefficient (Wildman–Crippen LogP) is 3.72. The van der Waals surface area contributed by atoms with E-state index < -0.39 is 11.8 Å². The summed E-state index contributed by atoms with van der Waals surface area (Å²) in [5, 5.41) is 0.864.